The minimum atomic E-state index is -0.148. The van der Waals surface area contributed by atoms with Gasteiger partial charge in [-0.25, -0.2) is 9.97 Å². The molecular weight excluding hydrogens is 228 g/mol. The third-order valence-electron chi connectivity index (χ3n) is 3.12. The second-order valence-electron chi connectivity index (χ2n) is 5.70. The molecule has 18 heavy (non-hydrogen) atoms. The minimum Gasteiger partial charge on any atom is -0.396 e. The number of nitrogens with zero attached hydrogens (tertiary/aromatic N) is 2. The predicted molar refractivity (Wildman–Crippen MR) is 72.9 cm³/mol. The Balaban J connectivity index is 2.09. The summed E-state index contributed by atoms with van der Waals surface area (Å²) in [6.45, 7) is 4.87. The molecule has 5 heteroatoms. The Morgan fingerprint density at radius 3 is 2.56 bits per heavy atom. The van der Waals surface area contributed by atoms with Crippen LogP contribution in [0.5, 0.6) is 0 Å². The van der Waals surface area contributed by atoms with Crippen molar-refractivity contribution >= 4 is 11.6 Å². The molecular formula is C13H22N4O. The molecule has 1 saturated carbocycles. The fourth-order valence-electron chi connectivity index (χ4n) is 1.59. The first-order chi connectivity index (χ1) is 8.54. The third-order valence-corrected chi connectivity index (χ3v) is 3.12. The van der Waals surface area contributed by atoms with Gasteiger partial charge in [0, 0.05) is 37.6 Å². The first-order valence-corrected chi connectivity index (χ1v) is 6.45. The van der Waals surface area contributed by atoms with Crippen LogP contribution in [0.4, 0.5) is 11.6 Å². The van der Waals surface area contributed by atoms with Gasteiger partial charge in [-0.15, -0.1) is 0 Å². The first kappa shape index (κ1) is 13.1. The standard InChI is InChI=1S/C13H22N4O/c1-13(2,8-18)7-15-11-6-10(14-3)16-12(17-11)9-4-5-9/h6,9,18H,4-5,7-8H2,1-3H3,(H2,14,15,16,17). The Hall–Kier alpha value is -1.36. The normalized spacial score (nSPS) is 15.6. The fraction of sp³-hybridized carbons (Fsp3) is 0.692. The van der Waals surface area contributed by atoms with Gasteiger partial charge in [0.15, 0.2) is 0 Å². The predicted octanol–water partition coefficient (Wildman–Crippen LogP) is 1.83. The van der Waals surface area contributed by atoms with Gasteiger partial charge in [0.25, 0.3) is 0 Å². The number of rotatable bonds is 6. The second-order valence-corrected chi connectivity index (χ2v) is 5.70. The molecule has 0 unspecified atom stereocenters. The Bertz CT molecular complexity index is 415. The number of hydrogen-bond acceptors (Lipinski definition) is 5. The Kier molecular flexibility index (Phi) is 3.71. The van der Waals surface area contributed by atoms with Crippen LogP contribution in [0.25, 0.3) is 0 Å². The van der Waals surface area contributed by atoms with Crippen molar-refractivity contribution in [3.05, 3.63) is 11.9 Å². The van der Waals surface area contributed by atoms with E-state index in [-0.39, 0.29) is 12.0 Å². The lowest BCUT2D eigenvalue weighted by atomic mass is 9.95. The van der Waals surface area contributed by atoms with Crippen LogP contribution in [0.2, 0.25) is 0 Å². The maximum atomic E-state index is 9.24. The van der Waals surface area contributed by atoms with Crippen LogP contribution in [0.3, 0.4) is 0 Å². The molecule has 100 valence electrons. The van der Waals surface area contributed by atoms with Gasteiger partial charge in [-0.05, 0) is 12.8 Å². The van der Waals surface area contributed by atoms with Gasteiger partial charge in [0.2, 0.25) is 0 Å². The summed E-state index contributed by atoms with van der Waals surface area (Å²) in [6.07, 6.45) is 2.38. The lowest BCUT2D eigenvalue weighted by Crippen LogP contribution is -2.27. The van der Waals surface area contributed by atoms with E-state index in [9.17, 15) is 5.11 Å². The lowest BCUT2D eigenvalue weighted by molar-refractivity contribution is 0.170. The quantitative estimate of drug-likeness (QED) is 0.718. The smallest absolute Gasteiger partial charge is 0.136 e. The zero-order valence-electron chi connectivity index (χ0n) is 11.3. The van der Waals surface area contributed by atoms with Crippen LogP contribution in [-0.2, 0) is 0 Å². The highest BCUT2D eigenvalue weighted by Crippen LogP contribution is 2.38. The Morgan fingerprint density at radius 2 is 2.00 bits per heavy atom. The van der Waals surface area contributed by atoms with Crippen LogP contribution in [-0.4, -0.2) is 35.3 Å². The van der Waals surface area contributed by atoms with Crippen molar-refractivity contribution in [1.29, 1.82) is 0 Å². The Labute approximate surface area is 108 Å². The molecule has 0 aliphatic heterocycles. The molecule has 0 spiro atoms. The van der Waals surface area contributed by atoms with E-state index in [1.807, 2.05) is 27.0 Å². The van der Waals surface area contributed by atoms with E-state index < -0.39 is 0 Å². The van der Waals surface area contributed by atoms with Crippen LogP contribution >= 0.6 is 0 Å². The number of aliphatic hydroxyl groups excluding tert-OH is 1. The highest BCUT2D eigenvalue weighted by Gasteiger charge is 2.27. The molecule has 5 nitrogen and oxygen atoms in total. The molecule has 1 fully saturated rings. The second kappa shape index (κ2) is 5.10. The average Bonchev–Trinajstić information content (AvgIpc) is 3.20. The molecule has 3 N–H and O–H groups in total. The maximum absolute atomic E-state index is 9.24. The summed E-state index contributed by atoms with van der Waals surface area (Å²) in [5.41, 5.74) is -0.148. The fourth-order valence-corrected chi connectivity index (χ4v) is 1.59. The molecule has 1 aliphatic rings. The monoisotopic (exact) mass is 250 g/mol. The van der Waals surface area contributed by atoms with Gasteiger partial charge in [0.05, 0.1) is 0 Å². The number of aliphatic hydroxyl groups is 1. The topological polar surface area (TPSA) is 70.1 Å². The molecule has 1 aromatic heterocycles. The summed E-state index contributed by atoms with van der Waals surface area (Å²) in [7, 11) is 1.86. The number of nitrogens with one attached hydrogen (secondary N) is 2. The van der Waals surface area contributed by atoms with Crippen molar-refractivity contribution in [1.82, 2.24) is 9.97 Å². The SMILES string of the molecule is CNc1cc(NCC(C)(C)CO)nc(C2CC2)n1. The molecule has 1 heterocycles. The van der Waals surface area contributed by atoms with E-state index in [0.717, 1.165) is 17.5 Å². The highest BCUT2D eigenvalue weighted by molar-refractivity contribution is 5.48. The van der Waals surface area contributed by atoms with Crippen LogP contribution in [0.1, 0.15) is 38.4 Å². The molecule has 0 aromatic carbocycles. The number of hydrogen-bond donors (Lipinski definition) is 3. The summed E-state index contributed by atoms with van der Waals surface area (Å²) in [4.78, 5) is 9.00. The molecule has 0 amide bonds. The van der Waals surface area contributed by atoms with Gasteiger partial charge in [-0.3, -0.25) is 0 Å². The summed E-state index contributed by atoms with van der Waals surface area (Å²) in [5, 5.41) is 15.6. The summed E-state index contributed by atoms with van der Waals surface area (Å²) in [5.74, 6) is 3.13. The first-order valence-electron chi connectivity index (χ1n) is 6.45. The molecule has 0 bridgehead atoms. The summed E-state index contributed by atoms with van der Waals surface area (Å²) in [6, 6.07) is 1.90. The summed E-state index contributed by atoms with van der Waals surface area (Å²) < 4.78 is 0. The molecule has 0 radical (unpaired) electrons. The van der Waals surface area contributed by atoms with E-state index in [1.165, 1.54) is 12.8 Å². The van der Waals surface area contributed by atoms with Gasteiger partial charge < -0.3 is 15.7 Å². The van der Waals surface area contributed by atoms with E-state index in [1.54, 1.807) is 0 Å². The van der Waals surface area contributed by atoms with Crippen molar-refractivity contribution in [3.8, 4) is 0 Å². The number of aromatic nitrogens is 2. The van der Waals surface area contributed by atoms with Gasteiger partial charge in [-0.2, -0.15) is 0 Å². The van der Waals surface area contributed by atoms with Gasteiger partial charge in [-0.1, -0.05) is 13.8 Å². The van der Waals surface area contributed by atoms with Crippen molar-refractivity contribution in [2.75, 3.05) is 30.8 Å². The van der Waals surface area contributed by atoms with Crippen molar-refractivity contribution in [2.24, 2.45) is 5.41 Å². The van der Waals surface area contributed by atoms with Crippen molar-refractivity contribution in [3.63, 3.8) is 0 Å². The minimum absolute atomic E-state index is 0.148. The number of anilines is 2. The molecule has 0 atom stereocenters. The molecule has 1 aromatic rings. The van der Waals surface area contributed by atoms with E-state index in [2.05, 4.69) is 20.6 Å². The lowest BCUT2D eigenvalue weighted by Gasteiger charge is -2.22. The van der Waals surface area contributed by atoms with Gasteiger partial charge in [0.1, 0.15) is 17.5 Å². The van der Waals surface area contributed by atoms with E-state index in [4.69, 9.17) is 0 Å². The van der Waals surface area contributed by atoms with Crippen LogP contribution < -0.4 is 10.6 Å². The molecule has 2 rings (SSSR count). The third kappa shape index (κ3) is 3.32. The maximum Gasteiger partial charge on any atom is 0.136 e. The van der Waals surface area contributed by atoms with Crippen molar-refractivity contribution < 1.29 is 5.11 Å². The molecule has 1 aliphatic carbocycles. The summed E-state index contributed by atoms with van der Waals surface area (Å²) >= 11 is 0. The molecule has 0 saturated heterocycles. The Morgan fingerprint density at radius 1 is 1.33 bits per heavy atom. The zero-order valence-corrected chi connectivity index (χ0v) is 11.3. The van der Waals surface area contributed by atoms with Crippen LogP contribution in [0.15, 0.2) is 6.07 Å². The van der Waals surface area contributed by atoms with Gasteiger partial charge >= 0.3 is 0 Å². The zero-order chi connectivity index (χ0) is 13.2. The van der Waals surface area contributed by atoms with Crippen LogP contribution in [0, 0.1) is 5.41 Å². The van der Waals surface area contributed by atoms with E-state index >= 15 is 0 Å². The highest BCUT2D eigenvalue weighted by atomic mass is 16.3. The largest absolute Gasteiger partial charge is 0.396 e. The average molecular weight is 250 g/mol. The van der Waals surface area contributed by atoms with Crippen molar-refractivity contribution in [2.45, 2.75) is 32.6 Å². The van der Waals surface area contributed by atoms with E-state index in [0.29, 0.717) is 12.5 Å².